The Hall–Kier alpha value is -3.28. The third kappa shape index (κ3) is 4.61. The molecule has 0 amide bonds. The Morgan fingerprint density at radius 1 is 1.04 bits per heavy atom. The summed E-state index contributed by atoms with van der Waals surface area (Å²) in [6, 6.07) is 13.7. The Bertz CT molecular complexity index is 779. The molecule has 6 heteroatoms. The lowest BCUT2D eigenvalue weighted by Crippen LogP contribution is -2.04. The molecule has 2 N–H and O–H groups in total. The van der Waals surface area contributed by atoms with Crippen molar-refractivity contribution in [3.05, 3.63) is 71.5 Å². The minimum atomic E-state index is -1.56. The molecule has 0 aromatic heterocycles. The van der Waals surface area contributed by atoms with E-state index in [-0.39, 0.29) is 12.2 Å². The van der Waals surface area contributed by atoms with Crippen molar-refractivity contribution in [1.29, 1.82) is 0 Å². The number of ether oxygens (including phenoxy) is 2. The van der Waals surface area contributed by atoms with Crippen LogP contribution >= 0.6 is 0 Å². The van der Waals surface area contributed by atoms with Crippen LogP contribution in [0, 0.1) is 0 Å². The van der Waals surface area contributed by atoms with E-state index in [0.29, 0.717) is 17.6 Å². The molecule has 0 aliphatic heterocycles. The molecule has 0 unspecified atom stereocenters. The Kier molecular flexibility index (Phi) is 5.57. The van der Waals surface area contributed by atoms with Crippen molar-refractivity contribution in [3.8, 4) is 11.5 Å². The molecular formula is C18H16O6. The summed E-state index contributed by atoms with van der Waals surface area (Å²) in [5.41, 5.74) is 1.11. The number of methoxy groups -OCH3 is 1. The van der Waals surface area contributed by atoms with Crippen LogP contribution in [0.15, 0.2) is 60.4 Å². The van der Waals surface area contributed by atoms with Gasteiger partial charge < -0.3 is 19.7 Å². The van der Waals surface area contributed by atoms with Crippen molar-refractivity contribution in [2.75, 3.05) is 7.11 Å². The highest BCUT2D eigenvalue weighted by Gasteiger charge is 2.10. The van der Waals surface area contributed by atoms with Crippen molar-refractivity contribution >= 4 is 11.8 Å². The number of rotatable bonds is 7. The molecular weight excluding hydrogens is 312 g/mol. The molecule has 0 atom stereocenters. The molecule has 0 bridgehead atoms. The lowest BCUT2D eigenvalue weighted by Gasteiger charge is -2.08. The minimum Gasteiger partial charge on any atom is -0.502 e. The molecule has 0 saturated heterocycles. The van der Waals surface area contributed by atoms with Crippen LogP contribution in [0.3, 0.4) is 0 Å². The maximum Gasteiger partial charge on any atom is 0.371 e. The molecule has 2 aromatic rings. The first kappa shape index (κ1) is 17.1. The van der Waals surface area contributed by atoms with Crippen LogP contribution in [0.1, 0.15) is 15.9 Å². The molecule has 0 aliphatic rings. The smallest absolute Gasteiger partial charge is 0.371 e. The van der Waals surface area contributed by atoms with Gasteiger partial charge in [0.1, 0.15) is 18.1 Å². The van der Waals surface area contributed by atoms with Crippen molar-refractivity contribution in [1.82, 2.24) is 0 Å². The highest BCUT2D eigenvalue weighted by molar-refractivity contribution is 6.07. The lowest BCUT2D eigenvalue weighted by atomic mass is 10.1. The number of aliphatic hydroxyl groups excluding tert-OH is 1. The fourth-order valence-corrected chi connectivity index (χ4v) is 1.94. The van der Waals surface area contributed by atoms with Crippen LogP contribution in [-0.4, -0.2) is 29.1 Å². The SMILES string of the molecule is COc1cccc(COc2cccc(C(=O)/C=C(\O)C(=O)O)c2)c1. The first-order valence-electron chi connectivity index (χ1n) is 7.03. The topological polar surface area (TPSA) is 93.1 Å². The van der Waals surface area contributed by atoms with E-state index in [1.165, 1.54) is 12.1 Å². The Morgan fingerprint density at radius 3 is 2.46 bits per heavy atom. The second-order valence-electron chi connectivity index (χ2n) is 4.87. The number of carboxylic acid groups (broad SMARTS) is 1. The molecule has 24 heavy (non-hydrogen) atoms. The molecule has 2 rings (SSSR count). The van der Waals surface area contributed by atoms with Crippen molar-refractivity contribution in [3.63, 3.8) is 0 Å². The molecule has 0 saturated carbocycles. The van der Waals surface area contributed by atoms with Crippen molar-refractivity contribution in [2.24, 2.45) is 0 Å². The largest absolute Gasteiger partial charge is 0.502 e. The van der Waals surface area contributed by atoms with E-state index in [0.717, 1.165) is 5.56 Å². The number of hydrogen-bond donors (Lipinski definition) is 2. The van der Waals surface area contributed by atoms with E-state index < -0.39 is 17.5 Å². The standard InChI is InChI=1S/C18H16O6/c1-23-14-6-2-4-12(8-14)11-24-15-7-3-5-13(9-15)16(19)10-17(20)18(21)22/h2-10,20H,11H2,1H3,(H,21,22)/b17-10-. The van der Waals surface area contributed by atoms with E-state index in [2.05, 4.69) is 0 Å². The number of benzene rings is 2. The zero-order valence-electron chi connectivity index (χ0n) is 12.9. The number of ketones is 1. The molecule has 0 aliphatic carbocycles. The van der Waals surface area contributed by atoms with Crippen molar-refractivity contribution in [2.45, 2.75) is 6.61 Å². The van der Waals surface area contributed by atoms with Gasteiger partial charge in [0.15, 0.2) is 5.78 Å². The van der Waals surface area contributed by atoms with E-state index in [1.54, 1.807) is 19.2 Å². The molecule has 2 aromatic carbocycles. The number of aliphatic carboxylic acids is 1. The number of carboxylic acids is 1. The average Bonchev–Trinajstić information content (AvgIpc) is 2.60. The Labute approximate surface area is 138 Å². The fraction of sp³-hybridized carbons (Fsp3) is 0.111. The van der Waals surface area contributed by atoms with Crippen LogP contribution in [0.5, 0.6) is 11.5 Å². The van der Waals surface area contributed by atoms with Gasteiger partial charge in [-0.25, -0.2) is 4.79 Å². The van der Waals surface area contributed by atoms with E-state index in [4.69, 9.17) is 19.7 Å². The third-order valence-electron chi connectivity index (χ3n) is 3.15. The number of allylic oxidation sites excluding steroid dienone is 1. The number of aliphatic hydroxyl groups is 1. The van der Waals surface area contributed by atoms with Crippen molar-refractivity contribution < 1.29 is 29.3 Å². The molecule has 0 spiro atoms. The van der Waals surface area contributed by atoms with Gasteiger partial charge in [-0.2, -0.15) is 0 Å². The number of hydrogen-bond acceptors (Lipinski definition) is 5. The number of carbonyl (C=O) groups is 2. The van der Waals surface area contributed by atoms with Gasteiger partial charge in [-0.15, -0.1) is 0 Å². The summed E-state index contributed by atoms with van der Waals surface area (Å²) in [6.07, 6.45) is 0.656. The summed E-state index contributed by atoms with van der Waals surface area (Å²) in [7, 11) is 1.58. The third-order valence-corrected chi connectivity index (χ3v) is 3.15. The monoisotopic (exact) mass is 328 g/mol. The Balaban J connectivity index is 2.08. The summed E-state index contributed by atoms with van der Waals surface area (Å²) in [4.78, 5) is 22.4. The zero-order valence-corrected chi connectivity index (χ0v) is 12.9. The van der Waals surface area contributed by atoms with E-state index in [1.807, 2.05) is 24.3 Å². The summed E-state index contributed by atoms with van der Waals surface area (Å²) in [5, 5.41) is 17.7. The van der Waals surface area contributed by atoms with Crippen LogP contribution in [0.25, 0.3) is 0 Å². The van der Waals surface area contributed by atoms with Gasteiger partial charge in [-0.05, 0) is 29.8 Å². The molecule has 0 radical (unpaired) electrons. The summed E-state index contributed by atoms with van der Waals surface area (Å²) in [6.45, 7) is 0.283. The summed E-state index contributed by atoms with van der Waals surface area (Å²) in [5.74, 6) is -2.03. The highest BCUT2D eigenvalue weighted by atomic mass is 16.5. The van der Waals surface area contributed by atoms with Crippen LogP contribution < -0.4 is 9.47 Å². The predicted octanol–water partition coefficient (Wildman–Crippen LogP) is 2.98. The van der Waals surface area contributed by atoms with Gasteiger partial charge in [0.05, 0.1) is 7.11 Å². The molecule has 0 fully saturated rings. The predicted molar refractivity (Wildman–Crippen MR) is 86.4 cm³/mol. The highest BCUT2D eigenvalue weighted by Crippen LogP contribution is 2.18. The molecule has 124 valence electrons. The summed E-state index contributed by atoms with van der Waals surface area (Å²) >= 11 is 0. The molecule has 6 nitrogen and oxygen atoms in total. The Morgan fingerprint density at radius 2 is 1.75 bits per heavy atom. The van der Waals surface area contributed by atoms with Crippen LogP contribution in [-0.2, 0) is 11.4 Å². The summed E-state index contributed by atoms with van der Waals surface area (Å²) < 4.78 is 10.8. The maximum atomic E-state index is 11.9. The fourth-order valence-electron chi connectivity index (χ4n) is 1.94. The second kappa shape index (κ2) is 7.82. The normalized spacial score (nSPS) is 11.0. The van der Waals surface area contributed by atoms with Gasteiger partial charge in [-0.3, -0.25) is 4.79 Å². The number of carbonyl (C=O) groups excluding carboxylic acids is 1. The van der Waals surface area contributed by atoms with Crippen LogP contribution in [0.2, 0.25) is 0 Å². The minimum absolute atomic E-state index is 0.214. The van der Waals surface area contributed by atoms with Gasteiger partial charge in [0, 0.05) is 11.6 Å². The maximum absolute atomic E-state index is 11.9. The molecule has 0 heterocycles. The van der Waals surface area contributed by atoms with E-state index in [9.17, 15) is 9.59 Å². The first-order valence-corrected chi connectivity index (χ1v) is 7.03. The first-order chi connectivity index (χ1) is 11.5. The average molecular weight is 328 g/mol. The van der Waals surface area contributed by atoms with Crippen LogP contribution in [0.4, 0.5) is 0 Å². The van der Waals surface area contributed by atoms with Gasteiger partial charge in [0.25, 0.3) is 0 Å². The quantitative estimate of drug-likeness (QED) is 0.461. The van der Waals surface area contributed by atoms with Gasteiger partial charge >= 0.3 is 5.97 Å². The second-order valence-corrected chi connectivity index (χ2v) is 4.87. The van der Waals surface area contributed by atoms with E-state index >= 15 is 0 Å². The van der Waals surface area contributed by atoms with Gasteiger partial charge in [0.2, 0.25) is 5.76 Å². The lowest BCUT2D eigenvalue weighted by molar-refractivity contribution is -0.135. The zero-order chi connectivity index (χ0) is 17.5. The van der Waals surface area contributed by atoms with Gasteiger partial charge in [-0.1, -0.05) is 24.3 Å².